The largest absolute Gasteiger partial charge is 0.375 e. The number of carbonyl (C=O) groups is 2. The molecule has 1 aromatic heterocycles. The van der Waals surface area contributed by atoms with Crippen molar-refractivity contribution in [2.75, 3.05) is 33.8 Å². The summed E-state index contributed by atoms with van der Waals surface area (Å²) < 4.78 is 5.83. The van der Waals surface area contributed by atoms with Crippen LogP contribution in [0.15, 0.2) is 18.3 Å². The number of H-pyrrole nitrogens is 1. The summed E-state index contributed by atoms with van der Waals surface area (Å²) in [5, 5.41) is 3.07. The van der Waals surface area contributed by atoms with Crippen LogP contribution in [0.1, 0.15) is 23.3 Å². The van der Waals surface area contributed by atoms with Crippen LogP contribution in [-0.4, -0.2) is 78.6 Å². The van der Waals surface area contributed by atoms with Crippen molar-refractivity contribution >= 4 is 11.8 Å². The highest BCUT2D eigenvalue weighted by Gasteiger charge is 2.38. The SMILES string of the molecule is CN(C)C(=O)C[C@H]1CN2C[C@H](NC(=O)c3ccc[nH]3)C[C@H]2CO1. The highest BCUT2D eigenvalue weighted by atomic mass is 16.5. The number of amides is 2. The van der Waals surface area contributed by atoms with Crippen molar-refractivity contribution in [1.29, 1.82) is 0 Å². The molecule has 1 aromatic rings. The van der Waals surface area contributed by atoms with E-state index in [9.17, 15) is 9.59 Å². The van der Waals surface area contributed by atoms with E-state index in [2.05, 4.69) is 15.2 Å². The fourth-order valence-corrected chi connectivity index (χ4v) is 3.28. The molecule has 0 saturated carbocycles. The lowest BCUT2D eigenvalue weighted by Crippen LogP contribution is -2.47. The van der Waals surface area contributed by atoms with E-state index in [1.807, 2.05) is 6.07 Å². The molecule has 2 aliphatic rings. The van der Waals surface area contributed by atoms with Crippen LogP contribution < -0.4 is 5.32 Å². The smallest absolute Gasteiger partial charge is 0.267 e. The van der Waals surface area contributed by atoms with Crippen LogP contribution in [0, 0.1) is 0 Å². The third kappa shape index (κ3) is 3.73. The molecule has 0 radical (unpaired) electrons. The van der Waals surface area contributed by atoms with Crippen molar-refractivity contribution in [3.05, 3.63) is 24.0 Å². The molecule has 3 atom stereocenters. The Bertz CT molecular complexity index is 558. The second kappa shape index (κ2) is 6.72. The number of aromatic nitrogens is 1. The first kappa shape index (κ1) is 16.0. The second-order valence-corrected chi connectivity index (χ2v) is 6.55. The lowest BCUT2D eigenvalue weighted by molar-refractivity contribution is -0.134. The summed E-state index contributed by atoms with van der Waals surface area (Å²) in [5.41, 5.74) is 0.584. The van der Waals surface area contributed by atoms with Crippen molar-refractivity contribution in [3.8, 4) is 0 Å². The van der Waals surface area contributed by atoms with Crippen LogP contribution >= 0.6 is 0 Å². The molecule has 0 unspecified atom stereocenters. The molecule has 2 N–H and O–H groups in total. The Balaban J connectivity index is 1.51. The molecule has 0 spiro atoms. The summed E-state index contributed by atoms with van der Waals surface area (Å²) in [4.78, 5) is 30.8. The first-order valence-electron chi connectivity index (χ1n) is 8.03. The zero-order valence-electron chi connectivity index (χ0n) is 13.6. The Morgan fingerprint density at radius 1 is 1.43 bits per heavy atom. The lowest BCUT2D eigenvalue weighted by Gasteiger charge is -2.35. The van der Waals surface area contributed by atoms with E-state index in [-0.39, 0.29) is 24.0 Å². The number of hydrogen-bond acceptors (Lipinski definition) is 4. The Hall–Kier alpha value is -1.86. The van der Waals surface area contributed by atoms with E-state index in [4.69, 9.17) is 4.74 Å². The number of nitrogens with one attached hydrogen (secondary N) is 2. The Morgan fingerprint density at radius 3 is 2.96 bits per heavy atom. The molecule has 0 aliphatic carbocycles. The van der Waals surface area contributed by atoms with Crippen LogP contribution in [0.4, 0.5) is 0 Å². The predicted molar refractivity (Wildman–Crippen MR) is 85.1 cm³/mol. The van der Waals surface area contributed by atoms with Gasteiger partial charge in [0, 0.05) is 45.5 Å². The minimum absolute atomic E-state index is 0.0565. The topological polar surface area (TPSA) is 77.7 Å². The van der Waals surface area contributed by atoms with Crippen molar-refractivity contribution in [3.63, 3.8) is 0 Å². The molecule has 126 valence electrons. The maximum Gasteiger partial charge on any atom is 0.267 e. The Morgan fingerprint density at radius 2 is 2.26 bits per heavy atom. The molecule has 3 heterocycles. The lowest BCUT2D eigenvalue weighted by atomic mass is 10.1. The Kier molecular flexibility index (Phi) is 4.68. The second-order valence-electron chi connectivity index (χ2n) is 6.55. The van der Waals surface area contributed by atoms with Gasteiger partial charge < -0.3 is 19.9 Å². The van der Waals surface area contributed by atoms with Gasteiger partial charge in [-0.05, 0) is 18.6 Å². The third-order valence-electron chi connectivity index (χ3n) is 4.57. The fraction of sp³-hybridized carbons (Fsp3) is 0.625. The van der Waals surface area contributed by atoms with Gasteiger partial charge in [-0.3, -0.25) is 14.5 Å². The number of nitrogens with zero attached hydrogens (tertiary/aromatic N) is 2. The molecule has 2 saturated heterocycles. The highest BCUT2D eigenvalue weighted by molar-refractivity contribution is 5.92. The van der Waals surface area contributed by atoms with Crippen LogP contribution in [0.2, 0.25) is 0 Å². The number of ether oxygens (including phenoxy) is 1. The van der Waals surface area contributed by atoms with Crippen molar-refractivity contribution in [1.82, 2.24) is 20.1 Å². The van der Waals surface area contributed by atoms with Gasteiger partial charge in [-0.25, -0.2) is 0 Å². The van der Waals surface area contributed by atoms with Gasteiger partial charge in [-0.2, -0.15) is 0 Å². The van der Waals surface area contributed by atoms with E-state index in [1.54, 1.807) is 31.3 Å². The van der Waals surface area contributed by atoms with Gasteiger partial charge in [-0.15, -0.1) is 0 Å². The maximum absolute atomic E-state index is 12.1. The molecular formula is C16H24N4O3. The van der Waals surface area contributed by atoms with E-state index in [0.717, 1.165) is 19.5 Å². The van der Waals surface area contributed by atoms with Gasteiger partial charge in [-0.1, -0.05) is 0 Å². The summed E-state index contributed by atoms with van der Waals surface area (Å²) in [6.45, 7) is 2.19. The molecule has 3 rings (SSSR count). The van der Waals surface area contributed by atoms with E-state index in [0.29, 0.717) is 24.8 Å². The van der Waals surface area contributed by atoms with Crippen molar-refractivity contribution in [2.24, 2.45) is 0 Å². The van der Waals surface area contributed by atoms with Gasteiger partial charge >= 0.3 is 0 Å². The van der Waals surface area contributed by atoms with Crippen LogP contribution in [0.25, 0.3) is 0 Å². The zero-order valence-corrected chi connectivity index (χ0v) is 13.6. The molecule has 0 bridgehead atoms. The summed E-state index contributed by atoms with van der Waals surface area (Å²) in [5.74, 6) is 0.0179. The molecule has 0 aromatic carbocycles. The van der Waals surface area contributed by atoms with E-state index in [1.165, 1.54) is 0 Å². The van der Waals surface area contributed by atoms with E-state index >= 15 is 0 Å². The first-order chi connectivity index (χ1) is 11.0. The minimum atomic E-state index is -0.0694. The molecule has 7 heteroatoms. The number of fused-ring (bicyclic) bond motifs is 1. The molecule has 2 aliphatic heterocycles. The van der Waals surface area contributed by atoms with Gasteiger partial charge in [0.05, 0.1) is 19.1 Å². The highest BCUT2D eigenvalue weighted by Crippen LogP contribution is 2.24. The average molecular weight is 320 g/mol. The normalized spacial score (nSPS) is 27.5. The number of rotatable bonds is 4. The molecule has 2 amide bonds. The van der Waals surface area contributed by atoms with Crippen molar-refractivity contribution in [2.45, 2.75) is 31.0 Å². The first-order valence-corrected chi connectivity index (χ1v) is 8.03. The molecule has 7 nitrogen and oxygen atoms in total. The summed E-state index contributed by atoms with van der Waals surface area (Å²) in [7, 11) is 3.52. The third-order valence-corrected chi connectivity index (χ3v) is 4.57. The van der Waals surface area contributed by atoms with Gasteiger partial charge in [0.25, 0.3) is 5.91 Å². The summed E-state index contributed by atoms with van der Waals surface area (Å²) >= 11 is 0. The van der Waals surface area contributed by atoms with E-state index < -0.39 is 0 Å². The van der Waals surface area contributed by atoms with Crippen molar-refractivity contribution < 1.29 is 14.3 Å². The van der Waals surface area contributed by atoms with Gasteiger partial charge in [0.1, 0.15) is 5.69 Å². The predicted octanol–water partition coefficient (Wildman–Crippen LogP) is 0.0645. The standard InChI is InChI=1S/C16H24N4O3/c1-19(2)15(21)7-13-9-20-8-11(6-12(20)10-23-13)18-16(22)14-4-3-5-17-14/h3-5,11-13,17H,6-10H2,1-2H3,(H,18,22)/t11-,12+,13+/m1/s1. The number of aromatic amines is 1. The maximum atomic E-state index is 12.1. The molecular weight excluding hydrogens is 296 g/mol. The zero-order chi connectivity index (χ0) is 16.4. The van der Waals surface area contributed by atoms with Crippen LogP contribution in [0.5, 0.6) is 0 Å². The van der Waals surface area contributed by atoms with Gasteiger partial charge in [0.2, 0.25) is 5.91 Å². The number of carbonyl (C=O) groups excluding carboxylic acids is 2. The molecule has 2 fully saturated rings. The summed E-state index contributed by atoms with van der Waals surface area (Å²) in [6.07, 6.45) is 2.99. The van der Waals surface area contributed by atoms with Crippen LogP contribution in [0.3, 0.4) is 0 Å². The average Bonchev–Trinajstić information content (AvgIpc) is 3.15. The monoisotopic (exact) mass is 320 g/mol. The van der Waals surface area contributed by atoms with Gasteiger partial charge in [0.15, 0.2) is 0 Å². The molecule has 23 heavy (non-hydrogen) atoms. The quantitative estimate of drug-likeness (QED) is 0.823. The number of morpholine rings is 1. The summed E-state index contributed by atoms with van der Waals surface area (Å²) in [6, 6.07) is 4.04. The minimum Gasteiger partial charge on any atom is -0.375 e. The Labute approximate surface area is 136 Å². The number of hydrogen-bond donors (Lipinski definition) is 2. The van der Waals surface area contributed by atoms with Crippen LogP contribution in [-0.2, 0) is 9.53 Å². The fourth-order valence-electron chi connectivity index (χ4n) is 3.28.